The number of rotatable bonds is 4. The van der Waals surface area contributed by atoms with Gasteiger partial charge in [-0.1, -0.05) is 6.58 Å². The van der Waals surface area contributed by atoms with E-state index in [1.807, 2.05) is 0 Å². The SMILES string of the molecule is C=C(O)c1cc(F)ccc1N/N=C\C=N. The molecule has 0 bridgehead atoms. The van der Waals surface area contributed by atoms with E-state index in [0.717, 1.165) is 12.3 Å². The van der Waals surface area contributed by atoms with Crippen LogP contribution in [0.3, 0.4) is 0 Å². The Balaban J connectivity index is 3.00. The summed E-state index contributed by atoms with van der Waals surface area (Å²) in [6.07, 6.45) is 2.21. The van der Waals surface area contributed by atoms with Crippen molar-refractivity contribution in [2.24, 2.45) is 5.10 Å². The first-order valence-electron chi connectivity index (χ1n) is 4.11. The minimum Gasteiger partial charge on any atom is -0.508 e. The molecule has 0 saturated heterocycles. The number of hydrogen-bond acceptors (Lipinski definition) is 4. The van der Waals surface area contributed by atoms with E-state index in [1.165, 1.54) is 18.3 Å². The molecule has 0 aliphatic heterocycles. The van der Waals surface area contributed by atoms with E-state index in [9.17, 15) is 9.50 Å². The molecule has 3 N–H and O–H groups in total. The monoisotopic (exact) mass is 207 g/mol. The summed E-state index contributed by atoms with van der Waals surface area (Å²) in [7, 11) is 0. The number of hydrazone groups is 1. The lowest BCUT2D eigenvalue weighted by molar-refractivity contribution is 0.513. The van der Waals surface area contributed by atoms with E-state index in [0.29, 0.717) is 5.69 Å². The van der Waals surface area contributed by atoms with Gasteiger partial charge < -0.3 is 10.5 Å². The maximum Gasteiger partial charge on any atom is 0.124 e. The molecule has 15 heavy (non-hydrogen) atoms. The topological polar surface area (TPSA) is 68.5 Å². The van der Waals surface area contributed by atoms with Gasteiger partial charge in [0.25, 0.3) is 0 Å². The first-order chi connectivity index (χ1) is 7.15. The zero-order valence-corrected chi connectivity index (χ0v) is 7.87. The lowest BCUT2D eigenvalue weighted by atomic mass is 10.1. The molecule has 1 rings (SSSR count). The maximum absolute atomic E-state index is 12.8. The van der Waals surface area contributed by atoms with Crippen LogP contribution in [0.4, 0.5) is 10.1 Å². The highest BCUT2D eigenvalue weighted by atomic mass is 19.1. The Morgan fingerprint density at radius 3 is 2.93 bits per heavy atom. The van der Waals surface area contributed by atoms with Crippen LogP contribution in [-0.4, -0.2) is 17.5 Å². The molecule has 0 aliphatic rings. The van der Waals surface area contributed by atoms with Gasteiger partial charge in [-0.15, -0.1) is 0 Å². The number of nitrogens with zero attached hydrogens (tertiary/aromatic N) is 1. The van der Waals surface area contributed by atoms with Gasteiger partial charge in [0.2, 0.25) is 0 Å². The lowest BCUT2D eigenvalue weighted by Gasteiger charge is -2.06. The first-order valence-corrected chi connectivity index (χ1v) is 4.11. The molecular weight excluding hydrogens is 197 g/mol. The van der Waals surface area contributed by atoms with Crippen molar-refractivity contribution in [3.8, 4) is 0 Å². The fourth-order valence-electron chi connectivity index (χ4n) is 0.997. The predicted molar refractivity (Wildman–Crippen MR) is 59.0 cm³/mol. The molecular formula is C10H10FN3O. The Hall–Kier alpha value is -2.17. The summed E-state index contributed by atoms with van der Waals surface area (Å²) < 4.78 is 12.8. The fraction of sp³-hybridized carbons (Fsp3) is 0. The molecule has 0 atom stereocenters. The van der Waals surface area contributed by atoms with E-state index in [1.54, 1.807) is 0 Å². The van der Waals surface area contributed by atoms with Crippen LogP contribution >= 0.6 is 0 Å². The Morgan fingerprint density at radius 2 is 2.33 bits per heavy atom. The van der Waals surface area contributed by atoms with Crippen molar-refractivity contribution in [1.82, 2.24) is 0 Å². The van der Waals surface area contributed by atoms with Gasteiger partial charge in [0.05, 0.1) is 11.9 Å². The third-order valence-corrected chi connectivity index (χ3v) is 1.63. The van der Waals surface area contributed by atoms with Gasteiger partial charge in [-0.3, -0.25) is 5.43 Å². The van der Waals surface area contributed by atoms with Crippen molar-refractivity contribution >= 4 is 23.9 Å². The minimum absolute atomic E-state index is 0.233. The molecule has 4 nitrogen and oxygen atoms in total. The Morgan fingerprint density at radius 1 is 1.60 bits per heavy atom. The van der Waals surface area contributed by atoms with Crippen molar-refractivity contribution in [2.75, 3.05) is 5.43 Å². The molecule has 0 amide bonds. The van der Waals surface area contributed by atoms with E-state index in [2.05, 4.69) is 17.1 Å². The van der Waals surface area contributed by atoms with Crippen molar-refractivity contribution in [3.63, 3.8) is 0 Å². The quantitative estimate of drug-likeness (QED) is 0.403. The molecule has 0 heterocycles. The third kappa shape index (κ3) is 2.91. The highest BCUT2D eigenvalue weighted by Gasteiger charge is 2.05. The summed E-state index contributed by atoms with van der Waals surface area (Å²) >= 11 is 0. The molecule has 1 aromatic rings. The van der Waals surface area contributed by atoms with Gasteiger partial charge in [0, 0.05) is 11.8 Å². The number of benzene rings is 1. The van der Waals surface area contributed by atoms with Gasteiger partial charge >= 0.3 is 0 Å². The predicted octanol–water partition coefficient (Wildman–Crippen LogP) is 2.40. The van der Waals surface area contributed by atoms with Crippen molar-refractivity contribution < 1.29 is 9.50 Å². The summed E-state index contributed by atoms with van der Waals surface area (Å²) in [5.41, 5.74) is 3.21. The first kappa shape index (κ1) is 10.9. The second kappa shape index (κ2) is 4.90. The summed E-state index contributed by atoms with van der Waals surface area (Å²) in [6, 6.07) is 3.80. The number of halogens is 1. The Bertz CT molecular complexity index is 415. The van der Waals surface area contributed by atoms with Gasteiger partial charge in [0.15, 0.2) is 0 Å². The van der Waals surface area contributed by atoms with Crippen LogP contribution in [0.1, 0.15) is 5.56 Å². The molecule has 0 aromatic heterocycles. The standard InChI is InChI=1S/C10H10FN3O/c1-7(15)9-6-8(11)2-3-10(9)14-13-5-4-12/h2-6,12,14-15H,1H2/b12-4?,13-5-. The number of anilines is 1. The van der Waals surface area contributed by atoms with E-state index >= 15 is 0 Å². The number of hydrogen-bond donors (Lipinski definition) is 3. The normalized spacial score (nSPS) is 10.2. The van der Waals surface area contributed by atoms with Gasteiger partial charge in [-0.05, 0) is 18.2 Å². The summed E-state index contributed by atoms with van der Waals surface area (Å²) in [5.74, 6) is -0.719. The molecule has 1 aromatic carbocycles. The molecule has 0 saturated carbocycles. The smallest absolute Gasteiger partial charge is 0.124 e. The molecule has 0 fully saturated rings. The van der Waals surface area contributed by atoms with Crippen LogP contribution in [0.2, 0.25) is 0 Å². The summed E-state index contributed by atoms with van der Waals surface area (Å²) in [6.45, 7) is 3.31. The van der Waals surface area contributed by atoms with Crippen LogP contribution in [0, 0.1) is 11.2 Å². The van der Waals surface area contributed by atoms with Crippen LogP contribution < -0.4 is 5.43 Å². The van der Waals surface area contributed by atoms with Gasteiger partial charge in [-0.2, -0.15) is 5.10 Å². The van der Waals surface area contributed by atoms with E-state index in [-0.39, 0.29) is 11.3 Å². The molecule has 5 heteroatoms. The molecule has 0 radical (unpaired) electrons. The van der Waals surface area contributed by atoms with Crippen molar-refractivity contribution in [2.45, 2.75) is 0 Å². The van der Waals surface area contributed by atoms with Crippen LogP contribution in [0.15, 0.2) is 29.9 Å². The highest BCUT2D eigenvalue weighted by Crippen LogP contribution is 2.22. The summed E-state index contributed by atoms with van der Waals surface area (Å²) in [5, 5.41) is 19.5. The van der Waals surface area contributed by atoms with Gasteiger partial charge in [0.1, 0.15) is 11.6 Å². The number of aliphatic hydroxyl groups excluding tert-OH is 1. The van der Waals surface area contributed by atoms with Crippen molar-refractivity contribution in [3.05, 3.63) is 36.2 Å². The van der Waals surface area contributed by atoms with Gasteiger partial charge in [-0.25, -0.2) is 4.39 Å². The lowest BCUT2D eigenvalue weighted by Crippen LogP contribution is -1.95. The molecule has 0 unspecified atom stereocenters. The largest absolute Gasteiger partial charge is 0.508 e. The molecule has 0 aliphatic carbocycles. The average molecular weight is 207 g/mol. The average Bonchev–Trinajstić information content (AvgIpc) is 2.20. The minimum atomic E-state index is -0.471. The zero-order chi connectivity index (χ0) is 11.3. The second-order valence-corrected chi connectivity index (χ2v) is 2.69. The highest BCUT2D eigenvalue weighted by molar-refractivity contribution is 6.14. The molecule has 78 valence electrons. The van der Waals surface area contributed by atoms with Crippen LogP contribution in [0.25, 0.3) is 5.76 Å². The van der Waals surface area contributed by atoms with Crippen LogP contribution in [-0.2, 0) is 0 Å². The van der Waals surface area contributed by atoms with E-state index in [4.69, 9.17) is 5.41 Å². The third-order valence-electron chi connectivity index (χ3n) is 1.63. The zero-order valence-electron chi connectivity index (χ0n) is 7.87. The number of aliphatic hydroxyl groups is 1. The van der Waals surface area contributed by atoms with Crippen molar-refractivity contribution in [1.29, 1.82) is 5.41 Å². The summed E-state index contributed by atoms with van der Waals surface area (Å²) in [4.78, 5) is 0. The Kier molecular flexibility index (Phi) is 3.56. The second-order valence-electron chi connectivity index (χ2n) is 2.69. The molecule has 0 spiro atoms. The Labute approximate surface area is 86.3 Å². The number of nitrogens with one attached hydrogen (secondary N) is 2. The van der Waals surface area contributed by atoms with E-state index < -0.39 is 5.82 Å². The van der Waals surface area contributed by atoms with Crippen LogP contribution in [0.5, 0.6) is 0 Å². The maximum atomic E-state index is 12.8. The fourth-order valence-corrected chi connectivity index (χ4v) is 0.997.